The molecular formula is C19H24BrN2O3+. The number of piperazine rings is 1. The van der Waals surface area contributed by atoms with E-state index in [0.717, 1.165) is 59.9 Å². The van der Waals surface area contributed by atoms with Gasteiger partial charge in [0.1, 0.15) is 23.8 Å². The van der Waals surface area contributed by atoms with Crippen LogP contribution in [0.4, 0.5) is 5.69 Å². The third-order valence-electron chi connectivity index (χ3n) is 4.69. The highest BCUT2D eigenvalue weighted by Gasteiger charge is 2.23. The molecule has 2 aromatic carbocycles. The van der Waals surface area contributed by atoms with Gasteiger partial charge in [-0.25, -0.2) is 0 Å². The minimum Gasteiger partial charge on any atom is -0.506 e. The van der Waals surface area contributed by atoms with Crippen LogP contribution in [0.2, 0.25) is 0 Å². The smallest absolute Gasteiger partial charge is 0.138 e. The van der Waals surface area contributed by atoms with Crippen LogP contribution in [-0.4, -0.2) is 45.5 Å². The van der Waals surface area contributed by atoms with Gasteiger partial charge in [0.15, 0.2) is 0 Å². The zero-order valence-electron chi connectivity index (χ0n) is 14.6. The quantitative estimate of drug-likeness (QED) is 0.796. The summed E-state index contributed by atoms with van der Waals surface area (Å²) < 4.78 is 11.8. The molecule has 6 heteroatoms. The van der Waals surface area contributed by atoms with Crippen LogP contribution in [0.15, 0.2) is 40.9 Å². The van der Waals surface area contributed by atoms with Gasteiger partial charge in [-0.15, -0.1) is 0 Å². The second-order valence-electron chi connectivity index (χ2n) is 6.20. The van der Waals surface area contributed by atoms with Gasteiger partial charge < -0.3 is 24.4 Å². The number of methoxy groups -OCH3 is 2. The largest absolute Gasteiger partial charge is 0.506 e. The van der Waals surface area contributed by atoms with Crippen LogP contribution >= 0.6 is 15.9 Å². The highest BCUT2D eigenvalue weighted by Crippen LogP contribution is 2.32. The van der Waals surface area contributed by atoms with E-state index in [9.17, 15) is 5.11 Å². The maximum atomic E-state index is 10.0. The van der Waals surface area contributed by atoms with Crippen molar-refractivity contribution in [2.45, 2.75) is 6.54 Å². The summed E-state index contributed by atoms with van der Waals surface area (Å²) >= 11 is 3.51. The van der Waals surface area contributed by atoms with Crippen molar-refractivity contribution in [3.8, 4) is 17.2 Å². The van der Waals surface area contributed by atoms with Crippen molar-refractivity contribution in [1.82, 2.24) is 0 Å². The third kappa shape index (κ3) is 4.02. The number of phenols is 1. The van der Waals surface area contributed by atoms with Gasteiger partial charge in [-0.2, -0.15) is 0 Å². The van der Waals surface area contributed by atoms with Crippen LogP contribution in [0.25, 0.3) is 0 Å². The fourth-order valence-corrected chi connectivity index (χ4v) is 3.79. The topological polar surface area (TPSA) is 46.4 Å². The Kier molecular flexibility index (Phi) is 5.71. The van der Waals surface area contributed by atoms with Crippen molar-refractivity contribution >= 4 is 21.6 Å². The van der Waals surface area contributed by atoms with Crippen LogP contribution in [-0.2, 0) is 6.54 Å². The number of hydrogen-bond donors (Lipinski definition) is 2. The van der Waals surface area contributed by atoms with E-state index in [-0.39, 0.29) is 0 Å². The third-order valence-corrected chi connectivity index (χ3v) is 5.31. The molecule has 5 nitrogen and oxygen atoms in total. The van der Waals surface area contributed by atoms with Crippen LogP contribution in [0.3, 0.4) is 0 Å². The molecule has 0 aliphatic carbocycles. The summed E-state index contributed by atoms with van der Waals surface area (Å²) in [5, 5.41) is 10.0. The molecule has 0 unspecified atom stereocenters. The number of halogens is 1. The fourth-order valence-electron chi connectivity index (χ4n) is 3.30. The first kappa shape index (κ1) is 17.9. The number of phenolic OH excluding ortho intramolecular Hbond substituents is 1. The Labute approximate surface area is 156 Å². The van der Waals surface area contributed by atoms with Gasteiger partial charge in [-0.1, -0.05) is 12.1 Å². The van der Waals surface area contributed by atoms with Gasteiger partial charge in [0.25, 0.3) is 0 Å². The second kappa shape index (κ2) is 7.97. The van der Waals surface area contributed by atoms with E-state index in [0.29, 0.717) is 5.75 Å². The van der Waals surface area contributed by atoms with Gasteiger partial charge in [-0.05, 0) is 40.2 Å². The number of nitrogens with one attached hydrogen (secondary N) is 1. The normalized spacial score (nSPS) is 15.2. The lowest BCUT2D eigenvalue weighted by molar-refractivity contribution is -0.914. The molecule has 0 radical (unpaired) electrons. The van der Waals surface area contributed by atoms with Gasteiger partial charge in [0.2, 0.25) is 0 Å². The van der Waals surface area contributed by atoms with E-state index in [1.165, 1.54) is 4.90 Å². The first-order chi connectivity index (χ1) is 12.1. The molecule has 0 atom stereocenters. The van der Waals surface area contributed by atoms with E-state index in [1.807, 2.05) is 30.3 Å². The van der Waals surface area contributed by atoms with E-state index in [1.54, 1.807) is 20.3 Å². The van der Waals surface area contributed by atoms with Crippen molar-refractivity contribution in [2.75, 3.05) is 45.3 Å². The number of quaternary nitrogens is 1. The lowest BCUT2D eigenvalue weighted by Crippen LogP contribution is -3.13. The summed E-state index contributed by atoms with van der Waals surface area (Å²) in [6.07, 6.45) is 0. The molecule has 1 aliphatic heterocycles. The van der Waals surface area contributed by atoms with E-state index >= 15 is 0 Å². The minimum atomic E-state index is 0.352. The number of rotatable bonds is 5. The van der Waals surface area contributed by atoms with Crippen molar-refractivity contribution in [1.29, 1.82) is 0 Å². The van der Waals surface area contributed by atoms with E-state index < -0.39 is 0 Å². The summed E-state index contributed by atoms with van der Waals surface area (Å²) in [4.78, 5) is 3.74. The number of benzene rings is 2. The molecule has 25 heavy (non-hydrogen) atoms. The minimum absolute atomic E-state index is 0.352. The number of hydrogen-bond acceptors (Lipinski definition) is 4. The Bertz CT molecular complexity index is 731. The molecule has 0 bridgehead atoms. The molecule has 0 aromatic heterocycles. The zero-order valence-corrected chi connectivity index (χ0v) is 16.2. The fraction of sp³-hybridized carbons (Fsp3) is 0.368. The summed E-state index contributed by atoms with van der Waals surface area (Å²) in [6, 6.07) is 11.6. The van der Waals surface area contributed by atoms with Crippen LogP contribution < -0.4 is 19.3 Å². The first-order valence-corrected chi connectivity index (χ1v) is 9.18. The maximum absolute atomic E-state index is 10.0. The summed E-state index contributed by atoms with van der Waals surface area (Å²) in [7, 11) is 3.37. The van der Waals surface area contributed by atoms with Gasteiger partial charge >= 0.3 is 0 Å². The molecule has 1 saturated heterocycles. The molecular weight excluding hydrogens is 384 g/mol. The molecule has 0 saturated carbocycles. The van der Waals surface area contributed by atoms with Crippen LogP contribution in [0.1, 0.15) is 5.56 Å². The van der Waals surface area contributed by atoms with Gasteiger partial charge in [-0.3, -0.25) is 0 Å². The maximum Gasteiger partial charge on any atom is 0.138 e. The number of ether oxygens (including phenoxy) is 2. The van der Waals surface area contributed by atoms with E-state index in [4.69, 9.17) is 9.47 Å². The SMILES string of the molecule is COc1cc(C[NH+]2CCN(c3ccccc3O)CC2)c(OC)cc1Br. The molecule has 2 N–H and O–H groups in total. The van der Waals surface area contributed by atoms with Crippen LogP contribution in [0, 0.1) is 0 Å². The number of para-hydroxylation sites is 2. The Balaban J connectivity index is 1.67. The van der Waals surface area contributed by atoms with Crippen molar-refractivity contribution in [2.24, 2.45) is 0 Å². The van der Waals surface area contributed by atoms with Gasteiger partial charge in [0, 0.05) is 0 Å². The molecule has 3 rings (SSSR count). The molecule has 0 amide bonds. The number of anilines is 1. The number of nitrogens with zero attached hydrogens (tertiary/aromatic N) is 1. The zero-order chi connectivity index (χ0) is 17.8. The molecule has 0 spiro atoms. The highest BCUT2D eigenvalue weighted by molar-refractivity contribution is 9.10. The average Bonchev–Trinajstić information content (AvgIpc) is 2.64. The average molecular weight is 408 g/mol. The highest BCUT2D eigenvalue weighted by atomic mass is 79.9. The molecule has 2 aromatic rings. The summed E-state index contributed by atoms with van der Waals surface area (Å²) in [6.45, 7) is 4.75. The monoisotopic (exact) mass is 407 g/mol. The summed E-state index contributed by atoms with van der Waals surface area (Å²) in [5.41, 5.74) is 2.07. The standard InChI is InChI=1S/C19H23BrN2O3/c1-24-18-12-15(20)19(25-2)11-14(18)13-21-7-9-22(10-8-21)16-5-3-4-6-17(16)23/h3-6,11-12,23H,7-10,13H2,1-2H3/p+1. The lowest BCUT2D eigenvalue weighted by atomic mass is 10.1. The lowest BCUT2D eigenvalue weighted by Gasteiger charge is -2.34. The Hall–Kier alpha value is -1.92. The number of aromatic hydroxyl groups is 1. The van der Waals surface area contributed by atoms with Crippen molar-refractivity contribution < 1.29 is 19.5 Å². The molecule has 1 heterocycles. The Morgan fingerprint density at radius 3 is 2.40 bits per heavy atom. The van der Waals surface area contributed by atoms with Crippen LogP contribution in [0.5, 0.6) is 17.2 Å². The predicted molar refractivity (Wildman–Crippen MR) is 102 cm³/mol. The summed E-state index contributed by atoms with van der Waals surface area (Å²) in [5.74, 6) is 2.05. The van der Waals surface area contributed by atoms with Crippen molar-refractivity contribution in [3.05, 3.63) is 46.4 Å². The second-order valence-corrected chi connectivity index (χ2v) is 7.06. The molecule has 1 fully saturated rings. The molecule has 1 aliphatic rings. The predicted octanol–water partition coefficient (Wildman–Crippen LogP) is 2.08. The van der Waals surface area contributed by atoms with Crippen molar-refractivity contribution in [3.63, 3.8) is 0 Å². The Morgan fingerprint density at radius 2 is 1.76 bits per heavy atom. The Morgan fingerprint density at radius 1 is 1.08 bits per heavy atom. The van der Waals surface area contributed by atoms with Gasteiger partial charge in [0.05, 0.1) is 56.1 Å². The van der Waals surface area contributed by atoms with E-state index in [2.05, 4.69) is 20.8 Å². The molecule has 134 valence electrons. The first-order valence-electron chi connectivity index (χ1n) is 8.39.